The first-order valence-electron chi connectivity index (χ1n) is 28.4. The average Bonchev–Trinajstić information content (AvgIpc) is 1.72. The van der Waals surface area contributed by atoms with E-state index < -0.39 is 261 Å². The van der Waals surface area contributed by atoms with E-state index in [2.05, 4.69) is 5.32 Å². The van der Waals surface area contributed by atoms with Crippen molar-refractivity contribution in [3.8, 4) is 0 Å². The van der Waals surface area contributed by atoms with Crippen LogP contribution in [0.4, 0.5) is 0 Å². The number of hydrogen-bond acceptors (Lipinski definition) is 36. The van der Waals surface area contributed by atoms with Crippen LogP contribution in [0.3, 0.4) is 0 Å². The maximum absolute atomic E-state index is 12.1. The highest BCUT2D eigenvalue weighted by atomic mass is 16.8. The molecule has 1 aromatic carbocycles. The molecule has 0 amide bonds. The zero-order chi connectivity index (χ0) is 62.7. The van der Waals surface area contributed by atoms with Gasteiger partial charge >= 0.3 is 0 Å². The van der Waals surface area contributed by atoms with Gasteiger partial charge in [-0.15, -0.1) is 0 Å². The molecule has 0 unspecified atom stereocenters. The normalized spacial score (nSPS) is 50.3. The summed E-state index contributed by atoms with van der Waals surface area (Å²) < 4.78 is 87.7. The highest BCUT2D eigenvalue weighted by molar-refractivity contribution is 5.14. The van der Waals surface area contributed by atoms with Crippen LogP contribution in [0.15, 0.2) is 30.3 Å². The number of ether oxygens (including phenoxy) is 15. The summed E-state index contributed by atoms with van der Waals surface area (Å²) in [4.78, 5) is 0. The Balaban J connectivity index is 1.01. The second kappa shape index (κ2) is 30.7. The standard InChI is InChI=1S/C51H81NO35/c53-9-17-37-24(60)30(66)46(74-17)82-39-19(11-55)76-48(32(68)26(39)62)84-41-21(13-57)78-50(34(70)28(41)64)86-43-23(15-59)80-51(44(36(43)72)73-7-6-52-8-16-4-2-1-3-5-16)87-42-22(14-58)79-49(35(71)29(42)65)85-40-20(12-56)77-47(33(69)27(40)63)83-38-18(10-54)75-45(81-37)31(67)25(38)61/h1-5,17-72H,6-15H2/t17-,18-,19-,20-,21-,22-,23-,24+,25-,26+,27-,28+,29-,30+,31-,32+,33-,34+,35-,36+,37-,38-,39-,40-,41-,42-,43-,44-,45-,46-,47-,48-,49-,50-,51-/m1/s1. The monoisotopic (exact) mass is 1270 g/mol. The molecule has 0 aliphatic carbocycles. The molecule has 0 radical (unpaired) electrons. The Morgan fingerprint density at radius 2 is 0.517 bits per heavy atom. The van der Waals surface area contributed by atoms with Gasteiger partial charge in [0.2, 0.25) is 0 Å². The predicted octanol–water partition coefficient (Wildman–Crippen LogP) is -13.4. The van der Waals surface area contributed by atoms with E-state index in [0.29, 0.717) is 6.54 Å². The summed E-state index contributed by atoms with van der Waals surface area (Å²) in [5.41, 5.74) is 0.895. The minimum Gasteiger partial charge on any atom is -0.394 e. The summed E-state index contributed by atoms with van der Waals surface area (Å²) in [5.74, 6) is 0. The number of benzene rings is 1. The lowest BCUT2D eigenvalue weighted by Gasteiger charge is -2.50. The second-order valence-corrected chi connectivity index (χ2v) is 22.2. The first-order chi connectivity index (χ1) is 41.7. The molecule has 21 aliphatic rings. The Hall–Kier alpha value is -2.22. The van der Waals surface area contributed by atoms with Crippen molar-refractivity contribution in [2.24, 2.45) is 0 Å². The summed E-state index contributed by atoms with van der Waals surface area (Å²) in [7, 11) is 0. The summed E-state index contributed by atoms with van der Waals surface area (Å²) in [6, 6.07) is 9.17. The molecule has 21 saturated heterocycles. The molecule has 21 N–H and O–H groups in total. The molecule has 21 aliphatic heterocycles. The molecule has 36 heteroatoms. The Morgan fingerprint density at radius 3 is 0.770 bits per heavy atom. The number of rotatable bonds is 13. The Morgan fingerprint density at radius 1 is 0.287 bits per heavy atom. The largest absolute Gasteiger partial charge is 0.394 e. The van der Waals surface area contributed by atoms with Crippen molar-refractivity contribution in [2.75, 3.05) is 59.4 Å². The van der Waals surface area contributed by atoms with Crippen LogP contribution in [0.25, 0.3) is 0 Å². The van der Waals surface area contributed by atoms with Crippen molar-refractivity contribution in [2.45, 2.75) is 221 Å². The minimum absolute atomic E-state index is 0.102. The molecule has 87 heavy (non-hydrogen) atoms. The van der Waals surface area contributed by atoms with Crippen LogP contribution in [0.5, 0.6) is 0 Å². The van der Waals surface area contributed by atoms with Gasteiger partial charge in [0.25, 0.3) is 0 Å². The van der Waals surface area contributed by atoms with Crippen molar-refractivity contribution in [1.82, 2.24) is 5.32 Å². The van der Waals surface area contributed by atoms with Crippen LogP contribution in [-0.4, -0.2) is 376 Å². The van der Waals surface area contributed by atoms with E-state index >= 15 is 0 Å². The van der Waals surface area contributed by atoms with Gasteiger partial charge in [-0.2, -0.15) is 0 Å². The number of aliphatic hydroxyl groups is 20. The van der Waals surface area contributed by atoms with E-state index in [-0.39, 0.29) is 13.2 Å². The summed E-state index contributed by atoms with van der Waals surface area (Å²) in [6.07, 6.45) is -69.1. The lowest BCUT2D eigenvalue weighted by atomic mass is 9.95. The van der Waals surface area contributed by atoms with Gasteiger partial charge in [0, 0.05) is 13.1 Å². The maximum Gasteiger partial charge on any atom is 0.187 e. The summed E-state index contributed by atoms with van der Waals surface area (Å²) >= 11 is 0. The third kappa shape index (κ3) is 14.6. The predicted molar refractivity (Wildman–Crippen MR) is 270 cm³/mol. The topological polar surface area (TPSA) is 555 Å². The quantitative estimate of drug-likeness (QED) is 0.0816. The first-order valence-corrected chi connectivity index (χ1v) is 28.4. The first kappa shape index (κ1) is 69.1. The van der Waals surface area contributed by atoms with Crippen LogP contribution in [0.1, 0.15) is 5.56 Å². The number of nitrogens with one attached hydrogen (secondary N) is 1. The number of hydrogen-bond donors (Lipinski definition) is 21. The zero-order valence-corrected chi connectivity index (χ0v) is 46.2. The maximum atomic E-state index is 12.1. The molecule has 21 fully saturated rings. The molecule has 36 nitrogen and oxygen atoms in total. The van der Waals surface area contributed by atoms with E-state index in [1.807, 2.05) is 30.3 Å². The van der Waals surface area contributed by atoms with Crippen molar-refractivity contribution in [1.29, 1.82) is 0 Å². The van der Waals surface area contributed by atoms with Crippen LogP contribution >= 0.6 is 0 Å². The molecule has 21 heterocycles. The van der Waals surface area contributed by atoms with Gasteiger partial charge in [0.1, 0.15) is 171 Å². The second-order valence-electron chi connectivity index (χ2n) is 22.2. The van der Waals surface area contributed by atoms with E-state index in [1.165, 1.54) is 0 Å². The van der Waals surface area contributed by atoms with Gasteiger partial charge in [-0.25, -0.2) is 0 Å². The highest BCUT2D eigenvalue weighted by Gasteiger charge is 2.60. The van der Waals surface area contributed by atoms with Crippen LogP contribution < -0.4 is 5.32 Å². The highest BCUT2D eigenvalue weighted by Crippen LogP contribution is 2.39. The van der Waals surface area contributed by atoms with E-state index in [1.54, 1.807) is 0 Å². The molecule has 22 rings (SSSR count). The van der Waals surface area contributed by atoms with Gasteiger partial charge in [-0.3, -0.25) is 0 Å². The Kier molecular flexibility index (Phi) is 24.4. The Bertz CT molecular complexity index is 2220. The van der Waals surface area contributed by atoms with Crippen molar-refractivity contribution in [3.63, 3.8) is 0 Å². The van der Waals surface area contributed by atoms with Gasteiger partial charge in [-0.05, 0) is 5.56 Å². The lowest BCUT2D eigenvalue weighted by Crippen LogP contribution is -2.68. The summed E-state index contributed by atoms with van der Waals surface area (Å²) in [6.45, 7) is -7.00. The van der Waals surface area contributed by atoms with Crippen molar-refractivity contribution in [3.05, 3.63) is 35.9 Å². The molecule has 0 spiro atoms. The fourth-order valence-corrected chi connectivity index (χ4v) is 11.7. The third-order valence-electron chi connectivity index (χ3n) is 16.5. The molecular formula is C51H81NO35. The van der Waals surface area contributed by atoms with Crippen LogP contribution in [-0.2, 0) is 77.6 Å². The van der Waals surface area contributed by atoms with E-state index in [4.69, 9.17) is 71.1 Å². The third-order valence-corrected chi connectivity index (χ3v) is 16.5. The Labute approximate surface area is 494 Å². The van der Waals surface area contributed by atoms with Gasteiger partial charge in [0.15, 0.2) is 44.0 Å². The minimum atomic E-state index is -2.21. The fraction of sp³-hybridized carbons (Fsp3) is 0.882. The molecular weight excluding hydrogens is 1190 g/mol. The van der Waals surface area contributed by atoms with Crippen LogP contribution in [0, 0.1) is 0 Å². The molecule has 35 atom stereocenters. The average molecular weight is 1270 g/mol. The van der Waals surface area contributed by atoms with Crippen LogP contribution in [0.2, 0.25) is 0 Å². The van der Waals surface area contributed by atoms with Gasteiger partial charge < -0.3 is 179 Å². The van der Waals surface area contributed by atoms with Gasteiger partial charge in [0.05, 0.1) is 52.9 Å². The molecule has 0 aromatic heterocycles. The number of aliphatic hydroxyl groups excluding tert-OH is 20. The smallest absolute Gasteiger partial charge is 0.187 e. The van der Waals surface area contributed by atoms with Crippen molar-refractivity contribution < 1.29 is 173 Å². The van der Waals surface area contributed by atoms with E-state index in [0.717, 1.165) is 5.56 Å². The molecule has 1 aromatic rings. The molecule has 0 saturated carbocycles. The summed E-state index contributed by atoms with van der Waals surface area (Å²) in [5, 5.41) is 227. The van der Waals surface area contributed by atoms with Gasteiger partial charge in [-0.1, -0.05) is 30.3 Å². The SMILES string of the molecule is OC[C@H]1O[C@@H]2O[C@H]3[C@H](O)[C@@H](O)[C@@H](O[C@H]4[C@@H](O)[C@H](O)[C@@H](O[C@H]5[C@@H](O)[C@H](O)[C@@H](O[C@H]6[C@@H](O)[C@H](O)[C@@H](O[C@H]7[C@H](O)[C@@H](OCCNCc8ccccc8)[C@@H](O[C@H]8[C@H](O)[C@@H](O)[C@@H](O[C@H]1[C@H](O)[C@H]2O)O[C@@H]8CO)O[C@@H]7CO)O[C@@H]6CO)O[C@@H]5CO)O[C@@H]4CO)O[C@@H]3CO. The molecule has 14 bridgehead atoms. The zero-order valence-electron chi connectivity index (χ0n) is 46.2. The molecule has 500 valence electrons. The van der Waals surface area contributed by atoms with Crippen molar-refractivity contribution >= 4 is 0 Å². The fourth-order valence-electron chi connectivity index (χ4n) is 11.7. The van der Waals surface area contributed by atoms with E-state index in [9.17, 15) is 102 Å². The lowest BCUT2D eigenvalue weighted by molar-refractivity contribution is -0.398.